The van der Waals surface area contributed by atoms with Gasteiger partial charge in [0.25, 0.3) is 0 Å². The highest BCUT2D eigenvalue weighted by Crippen LogP contribution is 2.15. The molecule has 1 aliphatic heterocycles. The largest absolute Gasteiger partial charge is 0.449 e. The zero-order chi connectivity index (χ0) is 15.1. The maximum absolute atomic E-state index is 11.6. The molecule has 0 radical (unpaired) electrons. The van der Waals surface area contributed by atoms with Crippen molar-refractivity contribution in [1.29, 1.82) is 0 Å². The highest BCUT2D eigenvalue weighted by atomic mass is 16.5. The van der Waals surface area contributed by atoms with E-state index in [2.05, 4.69) is 22.3 Å². The summed E-state index contributed by atoms with van der Waals surface area (Å²) in [6, 6.07) is 8.03. The lowest BCUT2D eigenvalue weighted by Gasteiger charge is -2.26. The lowest BCUT2D eigenvalue weighted by molar-refractivity contribution is 0.147. The molecule has 1 aliphatic rings. The van der Waals surface area contributed by atoms with Gasteiger partial charge in [-0.1, -0.05) is 32.4 Å². The van der Waals surface area contributed by atoms with Crippen molar-refractivity contribution in [1.82, 2.24) is 4.90 Å². The molecular formula is C17H26N2O2. The molecule has 0 aliphatic carbocycles. The molecule has 1 fully saturated rings. The van der Waals surface area contributed by atoms with Crippen molar-refractivity contribution in [3.8, 4) is 0 Å². The Kier molecular flexibility index (Phi) is 6.05. The van der Waals surface area contributed by atoms with E-state index in [-0.39, 0.29) is 6.09 Å². The third-order valence-corrected chi connectivity index (χ3v) is 3.60. The molecule has 0 spiro atoms. The summed E-state index contributed by atoms with van der Waals surface area (Å²) in [5, 5.41) is 2.75. The molecule has 1 saturated heterocycles. The highest BCUT2D eigenvalue weighted by molar-refractivity contribution is 5.84. The average Bonchev–Trinajstić information content (AvgIpc) is 2.48. The predicted molar refractivity (Wildman–Crippen MR) is 85.4 cm³/mol. The van der Waals surface area contributed by atoms with Crippen molar-refractivity contribution < 1.29 is 9.53 Å². The maximum Gasteiger partial charge on any atom is 0.411 e. The fraction of sp³-hybridized carbons (Fsp3) is 0.588. The van der Waals surface area contributed by atoms with Crippen LogP contribution in [0.25, 0.3) is 0 Å². The van der Waals surface area contributed by atoms with E-state index in [4.69, 9.17) is 4.74 Å². The molecule has 1 amide bonds. The maximum atomic E-state index is 11.6. The molecule has 0 atom stereocenters. The predicted octanol–water partition coefficient (Wildman–Crippen LogP) is 3.88. The van der Waals surface area contributed by atoms with Gasteiger partial charge < -0.3 is 4.74 Å². The molecule has 0 bridgehead atoms. The molecule has 116 valence electrons. The quantitative estimate of drug-likeness (QED) is 0.895. The van der Waals surface area contributed by atoms with Crippen LogP contribution >= 0.6 is 0 Å². The first-order chi connectivity index (χ1) is 10.1. The van der Waals surface area contributed by atoms with E-state index >= 15 is 0 Å². The number of benzene rings is 1. The van der Waals surface area contributed by atoms with Crippen LogP contribution in [0.1, 0.15) is 38.7 Å². The summed E-state index contributed by atoms with van der Waals surface area (Å²) in [5.41, 5.74) is 2.07. The van der Waals surface area contributed by atoms with Gasteiger partial charge in [-0.2, -0.15) is 0 Å². The molecule has 0 saturated carbocycles. The number of carbonyl (C=O) groups excluding carboxylic acids is 1. The van der Waals surface area contributed by atoms with Gasteiger partial charge in [0.15, 0.2) is 0 Å². The molecule has 1 heterocycles. The Morgan fingerprint density at radius 1 is 1.19 bits per heavy atom. The molecule has 1 aromatic carbocycles. The van der Waals surface area contributed by atoms with Crippen molar-refractivity contribution in [2.24, 2.45) is 5.92 Å². The minimum absolute atomic E-state index is 0.350. The summed E-state index contributed by atoms with van der Waals surface area (Å²) >= 11 is 0. The van der Waals surface area contributed by atoms with Gasteiger partial charge in [0.2, 0.25) is 0 Å². The van der Waals surface area contributed by atoms with Gasteiger partial charge >= 0.3 is 6.09 Å². The first kappa shape index (κ1) is 15.8. The van der Waals surface area contributed by atoms with Gasteiger partial charge in [-0.3, -0.25) is 10.2 Å². The summed E-state index contributed by atoms with van der Waals surface area (Å²) in [7, 11) is 0. The summed E-state index contributed by atoms with van der Waals surface area (Å²) in [4.78, 5) is 14.1. The van der Waals surface area contributed by atoms with Gasteiger partial charge in [-0.15, -0.1) is 0 Å². The van der Waals surface area contributed by atoms with Crippen LogP contribution in [-0.2, 0) is 11.3 Å². The number of anilines is 1. The highest BCUT2D eigenvalue weighted by Gasteiger charge is 2.10. The second kappa shape index (κ2) is 8.03. The number of carbonyl (C=O) groups is 1. The number of amides is 1. The molecule has 1 N–H and O–H groups in total. The standard InChI is InChI=1S/C17H26N2O2/c1-14(2)13-21-17(20)18-16-8-6-15(7-9-16)12-19-10-4-3-5-11-19/h6-9,14H,3-5,10-13H2,1-2H3,(H,18,20). The van der Waals surface area contributed by atoms with Crippen LogP contribution in [0.3, 0.4) is 0 Å². The van der Waals surface area contributed by atoms with Gasteiger partial charge in [0.05, 0.1) is 6.61 Å². The first-order valence-electron chi connectivity index (χ1n) is 7.88. The van der Waals surface area contributed by atoms with E-state index in [1.54, 1.807) is 0 Å². The molecule has 21 heavy (non-hydrogen) atoms. The van der Waals surface area contributed by atoms with E-state index in [0.717, 1.165) is 12.2 Å². The van der Waals surface area contributed by atoms with Crippen molar-refractivity contribution in [2.75, 3.05) is 25.0 Å². The summed E-state index contributed by atoms with van der Waals surface area (Å²) in [6.07, 6.45) is 3.59. The molecule has 2 rings (SSSR count). The number of hydrogen-bond acceptors (Lipinski definition) is 3. The number of hydrogen-bond donors (Lipinski definition) is 1. The average molecular weight is 290 g/mol. The van der Waals surface area contributed by atoms with E-state index in [1.165, 1.54) is 37.9 Å². The molecule has 1 aromatic rings. The van der Waals surface area contributed by atoms with Gasteiger partial charge in [-0.05, 0) is 49.5 Å². The fourth-order valence-electron chi connectivity index (χ4n) is 2.47. The lowest BCUT2D eigenvalue weighted by atomic mass is 10.1. The molecule has 4 heteroatoms. The Bertz CT molecular complexity index is 437. The monoisotopic (exact) mass is 290 g/mol. The fourth-order valence-corrected chi connectivity index (χ4v) is 2.47. The molecule has 4 nitrogen and oxygen atoms in total. The van der Waals surface area contributed by atoms with Crippen LogP contribution in [0.15, 0.2) is 24.3 Å². The van der Waals surface area contributed by atoms with Crippen LogP contribution in [0.5, 0.6) is 0 Å². The van der Waals surface area contributed by atoms with Crippen molar-refractivity contribution in [3.05, 3.63) is 29.8 Å². The zero-order valence-electron chi connectivity index (χ0n) is 13.1. The summed E-state index contributed by atoms with van der Waals surface area (Å²) < 4.78 is 5.10. The number of nitrogens with one attached hydrogen (secondary N) is 1. The van der Waals surface area contributed by atoms with Gasteiger partial charge in [0, 0.05) is 12.2 Å². The second-order valence-electron chi connectivity index (χ2n) is 6.15. The molecule has 0 unspecified atom stereocenters. The first-order valence-corrected chi connectivity index (χ1v) is 7.88. The van der Waals surface area contributed by atoms with Crippen LogP contribution in [0.4, 0.5) is 10.5 Å². The number of nitrogens with zero attached hydrogens (tertiary/aromatic N) is 1. The van der Waals surface area contributed by atoms with E-state index in [1.807, 2.05) is 26.0 Å². The Balaban J connectivity index is 1.79. The topological polar surface area (TPSA) is 41.6 Å². The van der Waals surface area contributed by atoms with Gasteiger partial charge in [-0.25, -0.2) is 4.79 Å². The van der Waals surface area contributed by atoms with E-state index in [0.29, 0.717) is 12.5 Å². The van der Waals surface area contributed by atoms with Crippen LogP contribution in [0, 0.1) is 5.92 Å². The third kappa shape index (κ3) is 5.76. The van der Waals surface area contributed by atoms with Crippen LogP contribution in [0.2, 0.25) is 0 Å². The smallest absolute Gasteiger partial charge is 0.411 e. The minimum atomic E-state index is -0.382. The number of piperidine rings is 1. The summed E-state index contributed by atoms with van der Waals surface area (Å²) in [5.74, 6) is 0.350. The van der Waals surface area contributed by atoms with Gasteiger partial charge in [0.1, 0.15) is 0 Å². The Morgan fingerprint density at radius 2 is 1.86 bits per heavy atom. The van der Waals surface area contributed by atoms with Crippen LogP contribution in [-0.4, -0.2) is 30.7 Å². The number of rotatable bonds is 5. The zero-order valence-corrected chi connectivity index (χ0v) is 13.1. The lowest BCUT2D eigenvalue weighted by Crippen LogP contribution is -2.29. The SMILES string of the molecule is CC(C)COC(=O)Nc1ccc(CN2CCCCC2)cc1. The summed E-state index contributed by atoms with van der Waals surface area (Å²) in [6.45, 7) is 7.87. The minimum Gasteiger partial charge on any atom is -0.449 e. The molecule has 0 aromatic heterocycles. The second-order valence-corrected chi connectivity index (χ2v) is 6.15. The number of likely N-dealkylation sites (tertiary alicyclic amines) is 1. The van der Waals surface area contributed by atoms with E-state index < -0.39 is 0 Å². The normalized spacial score (nSPS) is 16.0. The number of ether oxygens (including phenoxy) is 1. The Hall–Kier alpha value is -1.55. The Morgan fingerprint density at radius 3 is 2.48 bits per heavy atom. The van der Waals surface area contributed by atoms with Crippen molar-refractivity contribution >= 4 is 11.8 Å². The van der Waals surface area contributed by atoms with Crippen LogP contribution < -0.4 is 5.32 Å². The van der Waals surface area contributed by atoms with Crippen molar-refractivity contribution in [3.63, 3.8) is 0 Å². The Labute approximate surface area is 127 Å². The van der Waals surface area contributed by atoms with E-state index in [9.17, 15) is 4.79 Å². The van der Waals surface area contributed by atoms with Crippen molar-refractivity contribution in [2.45, 2.75) is 39.7 Å². The third-order valence-electron chi connectivity index (χ3n) is 3.60. The molecular weight excluding hydrogens is 264 g/mol.